The summed E-state index contributed by atoms with van der Waals surface area (Å²) in [6.45, 7) is 9.29. The van der Waals surface area contributed by atoms with Gasteiger partial charge in [-0.05, 0) is 26.0 Å². The van der Waals surface area contributed by atoms with E-state index < -0.39 is 0 Å². The van der Waals surface area contributed by atoms with Crippen LogP contribution in [-0.4, -0.2) is 9.97 Å². The molecule has 0 aliphatic carbocycles. The van der Waals surface area contributed by atoms with Gasteiger partial charge in [0.25, 0.3) is 0 Å². The van der Waals surface area contributed by atoms with Gasteiger partial charge >= 0.3 is 0 Å². The molecular formula is C19H23N3OS. The lowest BCUT2D eigenvalue weighted by atomic mass is 10.2. The van der Waals surface area contributed by atoms with Crippen LogP contribution in [0.4, 0.5) is 0 Å². The van der Waals surface area contributed by atoms with Gasteiger partial charge in [0, 0.05) is 28.9 Å². The molecule has 126 valence electrons. The molecule has 0 fully saturated rings. The average molecular weight is 341 g/mol. The smallest absolute Gasteiger partial charge is 0.226 e. The number of nitrogens with zero attached hydrogens (tertiary/aromatic N) is 2. The summed E-state index contributed by atoms with van der Waals surface area (Å²) in [6, 6.07) is 10.2. The maximum Gasteiger partial charge on any atom is 0.226 e. The molecule has 1 N–H and O–H groups in total. The third kappa shape index (κ3) is 3.74. The Morgan fingerprint density at radius 1 is 1.12 bits per heavy atom. The van der Waals surface area contributed by atoms with Crippen molar-refractivity contribution in [2.24, 2.45) is 0 Å². The van der Waals surface area contributed by atoms with E-state index in [0.717, 1.165) is 17.0 Å². The van der Waals surface area contributed by atoms with E-state index in [1.807, 2.05) is 30.3 Å². The van der Waals surface area contributed by atoms with E-state index in [1.54, 1.807) is 17.6 Å². The van der Waals surface area contributed by atoms with Gasteiger partial charge in [-0.3, -0.25) is 0 Å². The third-order valence-electron chi connectivity index (χ3n) is 3.90. The third-order valence-corrected chi connectivity index (χ3v) is 5.54. The summed E-state index contributed by atoms with van der Waals surface area (Å²) >= 11 is 1.80. The van der Waals surface area contributed by atoms with Crippen molar-refractivity contribution in [2.75, 3.05) is 0 Å². The van der Waals surface area contributed by atoms with Crippen LogP contribution in [0, 0.1) is 6.92 Å². The number of aryl methyl sites for hydroxylation is 1. The van der Waals surface area contributed by atoms with Crippen LogP contribution in [0.25, 0.3) is 11.5 Å². The van der Waals surface area contributed by atoms with Gasteiger partial charge in [0.05, 0.1) is 16.4 Å². The second-order valence-corrected chi connectivity index (χ2v) is 7.33. The molecule has 3 aromatic rings. The molecule has 0 saturated heterocycles. The zero-order chi connectivity index (χ0) is 17.1. The van der Waals surface area contributed by atoms with E-state index in [-0.39, 0.29) is 6.04 Å². The van der Waals surface area contributed by atoms with E-state index >= 15 is 0 Å². The summed E-state index contributed by atoms with van der Waals surface area (Å²) in [6.07, 6.45) is 1.72. The lowest BCUT2D eigenvalue weighted by molar-refractivity contribution is 0.556. The molecule has 2 heterocycles. The lowest BCUT2D eigenvalue weighted by Gasteiger charge is -2.11. The Hall–Kier alpha value is -1.98. The standard InChI is InChI=1S/C19H23N3OS/c1-12(2)19-21-14(4)17(24-19)13(3)20-10-16-11-23-18(22-16)15-8-6-5-7-9-15/h5-9,11-13,20H,10H2,1-4H3/t13-/m0/s1. The Balaban J connectivity index is 1.65. The van der Waals surface area contributed by atoms with Crippen LogP contribution >= 0.6 is 11.3 Å². The van der Waals surface area contributed by atoms with Crippen molar-refractivity contribution in [3.8, 4) is 11.5 Å². The van der Waals surface area contributed by atoms with Gasteiger partial charge < -0.3 is 9.73 Å². The number of oxazole rings is 1. The summed E-state index contributed by atoms with van der Waals surface area (Å²) in [5.41, 5.74) is 3.03. The zero-order valence-electron chi connectivity index (χ0n) is 14.5. The number of nitrogens with one attached hydrogen (secondary N) is 1. The Kier molecular flexibility index (Phi) is 5.11. The molecule has 4 nitrogen and oxygen atoms in total. The van der Waals surface area contributed by atoms with Crippen LogP contribution < -0.4 is 5.32 Å². The number of hydrogen-bond donors (Lipinski definition) is 1. The van der Waals surface area contributed by atoms with Gasteiger partial charge in [0.2, 0.25) is 5.89 Å². The first-order chi connectivity index (χ1) is 11.5. The topological polar surface area (TPSA) is 51.0 Å². The van der Waals surface area contributed by atoms with Crippen LogP contribution in [0.1, 0.15) is 54.0 Å². The van der Waals surface area contributed by atoms with Gasteiger partial charge in [-0.25, -0.2) is 9.97 Å². The molecule has 0 aliphatic rings. The van der Waals surface area contributed by atoms with Gasteiger partial charge in [0.15, 0.2) is 0 Å². The highest BCUT2D eigenvalue weighted by molar-refractivity contribution is 7.11. The molecule has 0 bridgehead atoms. The number of thiazole rings is 1. The molecule has 24 heavy (non-hydrogen) atoms. The summed E-state index contributed by atoms with van der Waals surface area (Å²) in [5, 5.41) is 4.72. The van der Waals surface area contributed by atoms with Crippen molar-refractivity contribution in [1.82, 2.24) is 15.3 Å². The van der Waals surface area contributed by atoms with Crippen molar-refractivity contribution in [3.05, 3.63) is 57.9 Å². The molecule has 0 radical (unpaired) electrons. The highest BCUT2D eigenvalue weighted by atomic mass is 32.1. The average Bonchev–Trinajstić information content (AvgIpc) is 3.20. The van der Waals surface area contributed by atoms with Crippen molar-refractivity contribution in [1.29, 1.82) is 0 Å². The van der Waals surface area contributed by atoms with Gasteiger partial charge in [0.1, 0.15) is 6.26 Å². The molecule has 1 atom stereocenters. The first-order valence-corrected chi connectivity index (χ1v) is 9.06. The van der Waals surface area contributed by atoms with Crippen LogP contribution in [0.15, 0.2) is 41.0 Å². The monoisotopic (exact) mass is 341 g/mol. The molecule has 0 amide bonds. The van der Waals surface area contributed by atoms with E-state index in [2.05, 4.69) is 43.0 Å². The van der Waals surface area contributed by atoms with Crippen LogP contribution in [0.5, 0.6) is 0 Å². The quantitative estimate of drug-likeness (QED) is 0.679. The van der Waals surface area contributed by atoms with E-state index in [9.17, 15) is 0 Å². The van der Waals surface area contributed by atoms with Crippen molar-refractivity contribution < 1.29 is 4.42 Å². The molecule has 5 heteroatoms. The summed E-state index contributed by atoms with van der Waals surface area (Å²) in [7, 11) is 0. The molecule has 0 unspecified atom stereocenters. The number of aromatic nitrogens is 2. The van der Waals surface area contributed by atoms with Gasteiger partial charge in [-0.2, -0.15) is 0 Å². The predicted octanol–water partition coefficient (Wildman–Crippen LogP) is 5.08. The number of rotatable bonds is 6. The minimum atomic E-state index is 0.242. The highest BCUT2D eigenvalue weighted by Gasteiger charge is 2.16. The maximum atomic E-state index is 5.59. The Morgan fingerprint density at radius 2 is 1.88 bits per heavy atom. The fourth-order valence-electron chi connectivity index (χ4n) is 2.53. The van der Waals surface area contributed by atoms with Gasteiger partial charge in [-0.1, -0.05) is 32.0 Å². The normalized spacial score (nSPS) is 12.7. The van der Waals surface area contributed by atoms with Crippen LogP contribution in [0.2, 0.25) is 0 Å². The highest BCUT2D eigenvalue weighted by Crippen LogP contribution is 2.29. The van der Waals surface area contributed by atoms with E-state index in [1.165, 1.54) is 9.88 Å². The van der Waals surface area contributed by atoms with Crippen LogP contribution in [0.3, 0.4) is 0 Å². The Labute approximate surface area is 147 Å². The van der Waals surface area contributed by atoms with E-state index in [0.29, 0.717) is 18.4 Å². The second-order valence-electron chi connectivity index (χ2n) is 6.27. The minimum Gasteiger partial charge on any atom is -0.444 e. The molecule has 0 saturated carbocycles. The fourth-order valence-corrected chi connectivity index (χ4v) is 3.63. The Bertz CT molecular complexity index is 792. The van der Waals surface area contributed by atoms with Gasteiger partial charge in [-0.15, -0.1) is 11.3 Å². The molecule has 0 spiro atoms. The van der Waals surface area contributed by atoms with Crippen molar-refractivity contribution in [2.45, 2.75) is 46.2 Å². The minimum absolute atomic E-state index is 0.242. The van der Waals surface area contributed by atoms with Crippen LogP contribution in [-0.2, 0) is 6.54 Å². The largest absolute Gasteiger partial charge is 0.444 e. The van der Waals surface area contributed by atoms with Crippen molar-refractivity contribution in [3.63, 3.8) is 0 Å². The van der Waals surface area contributed by atoms with Crippen molar-refractivity contribution >= 4 is 11.3 Å². The number of benzene rings is 1. The number of hydrogen-bond acceptors (Lipinski definition) is 5. The second kappa shape index (κ2) is 7.28. The predicted molar refractivity (Wildman–Crippen MR) is 98.1 cm³/mol. The van der Waals surface area contributed by atoms with E-state index in [4.69, 9.17) is 4.42 Å². The molecule has 1 aromatic carbocycles. The fraction of sp³-hybridized carbons (Fsp3) is 0.368. The SMILES string of the molecule is Cc1nc(C(C)C)sc1[C@H](C)NCc1coc(-c2ccccc2)n1. The summed E-state index contributed by atoms with van der Waals surface area (Å²) in [4.78, 5) is 10.5. The summed E-state index contributed by atoms with van der Waals surface area (Å²) < 4.78 is 5.59. The molecule has 0 aliphatic heterocycles. The maximum absolute atomic E-state index is 5.59. The molecule has 2 aromatic heterocycles. The lowest BCUT2D eigenvalue weighted by Crippen LogP contribution is -2.18. The molecular weight excluding hydrogens is 318 g/mol. The Morgan fingerprint density at radius 3 is 2.54 bits per heavy atom. The first kappa shape index (κ1) is 16.9. The first-order valence-electron chi connectivity index (χ1n) is 8.25. The molecule has 3 rings (SSSR count). The summed E-state index contributed by atoms with van der Waals surface area (Å²) in [5.74, 6) is 1.13. The zero-order valence-corrected chi connectivity index (χ0v) is 15.4.